The maximum absolute atomic E-state index is 12.9. The molecule has 3 aliphatic heterocycles. The standard InChI is InChI=1S/C27H32O15/c1-9-20(33)22(35)24(37)26(38-9)42-25-23(36)21(34)18(8-28)41-27(25)39-11-5-14(31)19-15(32)7-16(40-17(19)6-11)10-2-3-12(29)13(30)4-10/h2-6,9,16,18,20-31,33-37H,7-8H2,1H3/t9-,16?,18-,20-,21?,22+,23+,24+,25-,26-,27?/m0/s1. The zero-order valence-electron chi connectivity index (χ0n) is 22.1. The first-order valence-corrected chi connectivity index (χ1v) is 13.1. The van der Waals surface area contributed by atoms with E-state index in [1.807, 2.05) is 0 Å². The van der Waals surface area contributed by atoms with Gasteiger partial charge in [-0.2, -0.15) is 0 Å². The quantitative estimate of drug-likeness (QED) is 0.173. The maximum Gasteiger partial charge on any atom is 0.229 e. The third-order valence-corrected chi connectivity index (χ3v) is 7.52. The Morgan fingerprint density at radius 1 is 0.833 bits per heavy atom. The molecule has 3 unspecified atom stereocenters. The average molecular weight is 597 g/mol. The van der Waals surface area contributed by atoms with Crippen molar-refractivity contribution in [3.05, 3.63) is 41.5 Å². The number of phenolic OH excluding ortho intramolecular Hbond substituents is 3. The Hall–Kier alpha value is -3.25. The van der Waals surface area contributed by atoms with Crippen LogP contribution in [0.1, 0.15) is 35.4 Å². The SMILES string of the molecule is C[C@@H]1O[C@@H](O[C@@H]2C(Oc3cc(O)c4c(c3)OC(c3ccc(O)c(O)c3)CC4=O)O[C@@H](CO)C(O)[C@H]2O)[C@H](O)[C@H](O)[C@H]1O. The summed E-state index contributed by atoms with van der Waals surface area (Å²) in [6.45, 7) is 0.683. The van der Waals surface area contributed by atoms with Gasteiger partial charge in [0.25, 0.3) is 0 Å². The molecule has 2 saturated heterocycles. The second-order valence-electron chi connectivity index (χ2n) is 10.4. The predicted molar refractivity (Wildman–Crippen MR) is 136 cm³/mol. The van der Waals surface area contributed by atoms with Crippen LogP contribution < -0.4 is 9.47 Å². The number of carbonyl (C=O) groups excluding carboxylic acids is 1. The van der Waals surface area contributed by atoms with Gasteiger partial charge in [0.05, 0.1) is 19.1 Å². The topological polar surface area (TPSA) is 245 Å². The molecule has 3 aliphatic rings. The van der Waals surface area contributed by atoms with Gasteiger partial charge >= 0.3 is 0 Å². The van der Waals surface area contributed by atoms with E-state index in [9.17, 15) is 50.8 Å². The normalized spacial score (nSPS) is 36.6. The summed E-state index contributed by atoms with van der Waals surface area (Å²) in [6.07, 6.45) is -16.5. The Kier molecular flexibility index (Phi) is 8.48. The van der Waals surface area contributed by atoms with Crippen LogP contribution >= 0.6 is 0 Å². The van der Waals surface area contributed by atoms with Crippen LogP contribution in [0, 0.1) is 0 Å². The van der Waals surface area contributed by atoms with Crippen molar-refractivity contribution >= 4 is 5.78 Å². The Bertz CT molecular complexity index is 1300. The summed E-state index contributed by atoms with van der Waals surface area (Å²) >= 11 is 0. The second kappa shape index (κ2) is 11.8. The summed E-state index contributed by atoms with van der Waals surface area (Å²) in [5.74, 6) is -2.02. The number of aliphatic hydroxyl groups is 6. The van der Waals surface area contributed by atoms with Gasteiger partial charge in [0.15, 0.2) is 29.7 Å². The zero-order chi connectivity index (χ0) is 30.5. The number of ether oxygens (including phenoxy) is 5. The molecule has 9 N–H and O–H groups in total. The molecule has 0 bridgehead atoms. The fourth-order valence-electron chi connectivity index (χ4n) is 5.12. The molecule has 0 radical (unpaired) electrons. The molecule has 0 aromatic heterocycles. The highest BCUT2D eigenvalue weighted by molar-refractivity contribution is 6.02. The molecular formula is C27H32O15. The molecule has 3 heterocycles. The highest BCUT2D eigenvalue weighted by Crippen LogP contribution is 2.43. The lowest BCUT2D eigenvalue weighted by molar-refractivity contribution is -0.354. The van der Waals surface area contributed by atoms with Gasteiger partial charge in [-0.1, -0.05) is 6.07 Å². The number of carbonyl (C=O) groups is 1. The van der Waals surface area contributed by atoms with Crippen molar-refractivity contribution in [2.45, 2.75) is 80.9 Å². The van der Waals surface area contributed by atoms with Gasteiger partial charge in [0.1, 0.15) is 65.5 Å². The number of aliphatic hydroxyl groups excluding tert-OH is 6. The highest BCUT2D eigenvalue weighted by atomic mass is 16.8. The summed E-state index contributed by atoms with van der Waals surface area (Å²) in [7, 11) is 0. The number of rotatable bonds is 6. The van der Waals surface area contributed by atoms with Crippen molar-refractivity contribution in [3.8, 4) is 28.7 Å². The van der Waals surface area contributed by atoms with E-state index >= 15 is 0 Å². The van der Waals surface area contributed by atoms with E-state index in [0.29, 0.717) is 5.56 Å². The van der Waals surface area contributed by atoms with Gasteiger partial charge in [0.2, 0.25) is 6.29 Å². The monoisotopic (exact) mass is 596 g/mol. The van der Waals surface area contributed by atoms with Crippen LogP contribution in [0.15, 0.2) is 30.3 Å². The largest absolute Gasteiger partial charge is 0.507 e. The summed E-state index contributed by atoms with van der Waals surface area (Å²) in [6, 6.07) is 6.25. The summed E-state index contributed by atoms with van der Waals surface area (Å²) < 4.78 is 28.4. The van der Waals surface area contributed by atoms with E-state index in [1.54, 1.807) is 0 Å². The second-order valence-corrected chi connectivity index (χ2v) is 10.4. The third-order valence-electron chi connectivity index (χ3n) is 7.52. The van der Waals surface area contributed by atoms with Crippen molar-refractivity contribution in [2.75, 3.05) is 6.61 Å². The lowest BCUT2D eigenvalue weighted by Gasteiger charge is -2.45. The first kappa shape index (κ1) is 30.2. The molecule has 15 heteroatoms. The van der Waals surface area contributed by atoms with Crippen molar-refractivity contribution in [3.63, 3.8) is 0 Å². The van der Waals surface area contributed by atoms with Crippen molar-refractivity contribution in [2.24, 2.45) is 0 Å². The zero-order valence-corrected chi connectivity index (χ0v) is 22.1. The molecule has 0 saturated carbocycles. The molecule has 230 valence electrons. The molecule has 0 aliphatic carbocycles. The van der Waals surface area contributed by atoms with Crippen LogP contribution in [0.25, 0.3) is 0 Å². The summed E-state index contributed by atoms with van der Waals surface area (Å²) in [5, 5.41) is 91.6. The van der Waals surface area contributed by atoms with E-state index in [0.717, 1.165) is 6.07 Å². The number of fused-ring (bicyclic) bond motifs is 1. The lowest BCUT2D eigenvalue weighted by Crippen LogP contribution is -2.64. The van der Waals surface area contributed by atoms with Gasteiger partial charge in [0, 0.05) is 12.1 Å². The first-order chi connectivity index (χ1) is 19.9. The van der Waals surface area contributed by atoms with E-state index in [1.165, 1.54) is 31.2 Å². The Morgan fingerprint density at radius 3 is 2.26 bits per heavy atom. The van der Waals surface area contributed by atoms with Crippen molar-refractivity contribution < 1.29 is 74.4 Å². The number of hydrogen-bond donors (Lipinski definition) is 9. The molecule has 2 aromatic rings. The Labute approximate surface area is 238 Å². The number of ketones is 1. The lowest BCUT2D eigenvalue weighted by atomic mass is 9.95. The predicted octanol–water partition coefficient (Wildman–Crippen LogP) is -1.46. The van der Waals surface area contributed by atoms with Gasteiger partial charge < -0.3 is 69.6 Å². The van der Waals surface area contributed by atoms with Crippen molar-refractivity contribution in [1.82, 2.24) is 0 Å². The number of aromatic hydroxyl groups is 3. The maximum atomic E-state index is 12.9. The van der Waals surface area contributed by atoms with Gasteiger partial charge in [-0.3, -0.25) is 4.79 Å². The highest BCUT2D eigenvalue weighted by Gasteiger charge is 2.51. The summed E-state index contributed by atoms with van der Waals surface area (Å²) in [5.41, 5.74) is 0.234. The van der Waals surface area contributed by atoms with Crippen LogP contribution in [0.4, 0.5) is 0 Å². The van der Waals surface area contributed by atoms with Crippen LogP contribution in [0.3, 0.4) is 0 Å². The smallest absolute Gasteiger partial charge is 0.229 e. The van der Waals surface area contributed by atoms with Gasteiger partial charge in [-0.15, -0.1) is 0 Å². The molecule has 42 heavy (non-hydrogen) atoms. The Balaban J connectivity index is 1.42. The fourth-order valence-corrected chi connectivity index (χ4v) is 5.12. The fraction of sp³-hybridized carbons (Fsp3) is 0.519. The van der Waals surface area contributed by atoms with Crippen LogP contribution in [0.2, 0.25) is 0 Å². The van der Waals surface area contributed by atoms with Crippen molar-refractivity contribution in [1.29, 1.82) is 0 Å². The molecule has 2 fully saturated rings. The number of phenols is 3. The van der Waals surface area contributed by atoms with E-state index in [2.05, 4.69) is 0 Å². The van der Waals surface area contributed by atoms with Crippen LogP contribution in [-0.4, -0.2) is 120 Å². The minimum Gasteiger partial charge on any atom is -0.507 e. The molecule has 0 amide bonds. The van der Waals surface area contributed by atoms with E-state index in [4.69, 9.17) is 23.7 Å². The molecule has 5 rings (SSSR count). The third kappa shape index (κ3) is 5.58. The Morgan fingerprint density at radius 2 is 1.57 bits per heavy atom. The van der Waals surface area contributed by atoms with Gasteiger partial charge in [-0.25, -0.2) is 0 Å². The summed E-state index contributed by atoms with van der Waals surface area (Å²) in [4.78, 5) is 12.9. The number of Topliss-reactive ketones (excluding diaryl/α,β-unsaturated/α-hetero) is 1. The minimum atomic E-state index is -1.77. The average Bonchev–Trinajstić information content (AvgIpc) is 2.95. The number of hydrogen-bond acceptors (Lipinski definition) is 15. The molecular weight excluding hydrogens is 564 g/mol. The van der Waals surface area contributed by atoms with Gasteiger partial charge in [-0.05, 0) is 24.6 Å². The molecule has 2 aromatic carbocycles. The van der Waals surface area contributed by atoms with Crippen LogP contribution in [0.5, 0.6) is 28.7 Å². The molecule has 11 atom stereocenters. The first-order valence-electron chi connectivity index (χ1n) is 13.1. The van der Waals surface area contributed by atoms with E-state index < -0.39 is 91.4 Å². The molecule has 15 nitrogen and oxygen atoms in total. The van der Waals surface area contributed by atoms with Crippen LogP contribution in [-0.2, 0) is 14.2 Å². The number of benzene rings is 2. The van der Waals surface area contributed by atoms with E-state index in [-0.39, 0.29) is 29.2 Å². The minimum absolute atomic E-state index is 0.0941. The molecule has 0 spiro atoms.